The number of nitrogens with zero attached hydrogens (tertiary/aromatic N) is 1. The fraction of sp³-hybridized carbons (Fsp3) is 0.278. The summed E-state index contributed by atoms with van der Waals surface area (Å²) in [7, 11) is 0. The number of hydrogen-bond acceptors (Lipinski definition) is 1. The molecule has 0 atom stereocenters. The van der Waals surface area contributed by atoms with E-state index in [1.54, 1.807) is 6.07 Å². The van der Waals surface area contributed by atoms with Gasteiger partial charge in [0.1, 0.15) is 0 Å². The molecule has 0 bridgehead atoms. The molecule has 2 aromatic rings. The summed E-state index contributed by atoms with van der Waals surface area (Å²) >= 11 is 6.00. The van der Waals surface area contributed by atoms with Crippen molar-refractivity contribution in [3.63, 3.8) is 0 Å². The van der Waals surface area contributed by atoms with Gasteiger partial charge in [-0.05, 0) is 56.5 Å². The molecule has 1 aliphatic heterocycles. The Morgan fingerprint density at radius 1 is 1.27 bits per heavy atom. The Morgan fingerprint density at radius 3 is 2.77 bits per heavy atom. The number of hydrogen-bond donors (Lipinski definition) is 1. The first-order chi connectivity index (χ1) is 10.5. The number of carbonyl (C=O) groups is 1. The number of aryl methyl sites for hydroxylation is 1. The third kappa shape index (κ3) is 2.08. The molecule has 0 radical (unpaired) electrons. The number of carbonyl (C=O) groups excluding carboxylic acids is 1. The number of anilines is 1. The predicted molar refractivity (Wildman–Crippen MR) is 90.1 cm³/mol. The minimum absolute atomic E-state index is 0.0616. The van der Waals surface area contributed by atoms with Gasteiger partial charge in [-0.1, -0.05) is 17.7 Å². The van der Waals surface area contributed by atoms with Crippen molar-refractivity contribution in [2.24, 2.45) is 0 Å². The monoisotopic (exact) mass is 312 g/mol. The number of nitrogens with one attached hydrogen (secondary N) is 1. The smallest absolute Gasteiger partial charge is 0.256 e. The molecule has 1 aromatic carbocycles. The van der Waals surface area contributed by atoms with Gasteiger partial charge in [-0.2, -0.15) is 0 Å². The summed E-state index contributed by atoms with van der Waals surface area (Å²) in [6.45, 7) is 4.27. The highest BCUT2D eigenvalue weighted by molar-refractivity contribution is 6.36. The van der Waals surface area contributed by atoms with E-state index in [9.17, 15) is 4.79 Å². The Balaban J connectivity index is 1.81. The van der Waals surface area contributed by atoms with Crippen LogP contribution in [-0.4, -0.2) is 10.5 Å². The highest BCUT2D eigenvalue weighted by atomic mass is 35.5. The Bertz CT molecular complexity index is 828. The van der Waals surface area contributed by atoms with Gasteiger partial charge in [0.15, 0.2) is 0 Å². The molecule has 2 heterocycles. The van der Waals surface area contributed by atoms with E-state index in [1.165, 1.54) is 24.2 Å². The standard InChI is InChI=1S/C18H17ClN2O/c1-10-7-12(11(2)21(10)14-4-5-14)8-16-15-6-3-13(19)9-17(15)20-18(16)22/h3,6-9,14H,4-5H2,1-2H3,(H,20,22)/b16-8+. The van der Waals surface area contributed by atoms with Gasteiger partial charge in [0.2, 0.25) is 0 Å². The van der Waals surface area contributed by atoms with E-state index < -0.39 is 0 Å². The van der Waals surface area contributed by atoms with Crippen LogP contribution in [0, 0.1) is 13.8 Å². The third-order valence-corrected chi connectivity index (χ3v) is 4.74. The molecule has 0 spiro atoms. The molecule has 1 aliphatic carbocycles. The molecule has 4 rings (SSSR count). The zero-order chi connectivity index (χ0) is 15.4. The minimum atomic E-state index is -0.0616. The lowest BCUT2D eigenvalue weighted by Crippen LogP contribution is -2.03. The van der Waals surface area contributed by atoms with E-state index in [2.05, 4.69) is 29.8 Å². The van der Waals surface area contributed by atoms with E-state index in [4.69, 9.17) is 11.6 Å². The van der Waals surface area contributed by atoms with Crippen LogP contribution in [0.3, 0.4) is 0 Å². The van der Waals surface area contributed by atoms with Crippen molar-refractivity contribution in [2.45, 2.75) is 32.7 Å². The zero-order valence-electron chi connectivity index (χ0n) is 12.6. The number of amides is 1. The van der Waals surface area contributed by atoms with Crippen LogP contribution in [0.2, 0.25) is 5.02 Å². The molecule has 3 nitrogen and oxygen atoms in total. The molecule has 0 saturated heterocycles. The van der Waals surface area contributed by atoms with Gasteiger partial charge in [-0.25, -0.2) is 0 Å². The van der Waals surface area contributed by atoms with Crippen LogP contribution in [0.15, 0.2) is 24.3 Å². The average molecular weight is 313 g/mol. The van der Waals surface area contributed by atoms with Crippen LogP contribution in [0.1, 0.15) is 41.4 Å². The Kier molecular flexibility index (Phi) is 2.95. The van der Waals surface area contributed by atoms with Crippen LogP contribution in [0.4, 0.5) is 5.69 Å². The molecule has 0 unspecified atom stereocenters. The first-order valence-electron chi connectivity index (χ1n) is 7.56. The highest BCUT2D eigenvalue weighted by Gasteiger charge is 2.28. The Hall–Kier alpha value is -2.00. The molecule has 22 heavy (non-hydrogen) atoms. The van der Waals surface area contributed by atoms with Crippen molar-refractivity contribution in [1.29, 1.82) is 0 Å². The van der Waals surface area contributed by atoms with Crippen molar-refractivity contribution in [1.82, 2.24) is 4.57 Å². The molecule has 2 aliphatic rings. The van der Waals surface area contributed by atoms with Crippen molar-refractivity contribution in [2.75, 3.05) is 5.32 Å². The van der Waals surface area contributed by atoms with E-state index in [0.717, 1.165) is 16.8 Å². The number of halogens is 1. The van der Waals surface area contributed by atoms with Gasteiger partial charge in [-0.15, -0.1) is 0 Å². The lowest BCUT2D eigenvalue weighted by Gasteiger charge is -2.06. The quantitative estimate of drug-likeness (QED) is 0.809. The topological polar surface area (TPSA) is 34.0 Å². The molecule has 1 amide bonds. The molecule has 1 aromatic heterocycles. The van der Waals surface area contributed by atoms with E-state index in [1.807, 2.05) is 18.2 Å². The summed E-state index contributed by atoms with van der Waals surface area (Å²) in [4.78, 5) is 12.3. The fourth-order valence-electron chi connectivity index (χ4n) is 3.31. The van der Waals surface area contributed by atoms with Gasteiger partial charge >= 0.3 is 0 Å². The first-order valence-corrected chi connectivity index (χ1v) is 7.94. The molecule has 4 heteroatoms. The molecule has 1 N–H and O–H groups in total. The molecular weight excluding hydrogens is 296 g/mol. The Morgan fingerprint density at radius 2 is 2.05 bits per heavy atom. The van der Waals surface area contributed by atoms with Crippen LogP contribution in [0.25, 0.3) is 11.6 Å². The van der Waals surface area contributed by atoms with Crippen LogP contribution in [-0.2, 0) is 4.79 Å². The summed E-state index contributed by atoms with van der Waals surface area (Å²) in [5.74, 6) is -0.0616. The van der Waals surface area contributed by atoms with Gasteiger partial charge < -0.3 is 9.88 Å². The normalized spacial score (nSPS) is 18.7. The lowest BCUT2D eigenvalue weighted by molar-refractivity contribution is -0.110. The zero-order valence-corrected chi connectivity index (χ0v) is 13.4. The maximum absolute atomic E-state index is 12.3. The average Bonchev–Trinajstić information content (AvgIpc) is 3.18. The summed E-state index contributed by atoms with van der Waals surface area (Å²) < 4.78 is 2.39. The SMILES string of the molecule is Cc1cc(/C=C2/C(=O)Nc3cc(Cl)ccc32)c(C)n1C1CC1. The van der Waals surface area contributed by atoms with Crippen molar-refractivity contribution < 1.29 is 4.79 Å². The summed E-state index contributed by atoms with van der Waals surface area (Å²) in [5, 5.41) is 3.52. The van der Waals surface area contributed by atoms with Gasteiger partial charge in [-0.3, -0.25) is 4.79 Å². The second kappa shape index (κ2) is 4.75. The largest absolute Gasteiger partial charge is 0.346 e. The maximum Gasteiger partial charge on any atom is 0.256 e. The van der Waals surface area contributed by atoms with Crippen LogP contribution < -0.4 is 5.32 Å². The van der Waals surface area contributed by atoms with Crippen molar-refractivity contribution >= 4 is 34.8 Å². The van der Waals surface area contributed by atoms with E-state index in [-0.39, 0.29) is 5.91 Å². The van der Waals surface area contributed by atoms with Gasteiger partial charge in [0.25, 0.3) is 5.91 Å². The van der Waals surface area contributed by atoms with E-state index >= 15 is 0 Å². The van der Waals surface area contributed by atoms with E-state index in [0.29, 0.717) is 16.6 Å². The first kappa shape index (κ1) is 13.6. The highest BCUT2D eigenvalue weighted by Crippen LogP contribution is 2.40. The molecule has 1 saturated carbocycles. The molecule has 1 fully saturated rings. The van der Waals surface area contributed by atoms with Gasteiger partial charge in [0.05, 0.1) is 5.69 Å². The van der Waals surface area contributed by atoms with Crippen molar-refractivity contribution in [3.8, 4) is 0 Å². The summed E-state index contributed by atoms with van der Waals surface area (Å²) in [6, 6.07) is 8.34. The van der Waals surface area contributed by atoms with Crippen LogP contribution in [0.5, 0.6) is 0 Å². The van der Waals surface area contributed by atoms with Crippen molar-refractivity contribution in [3.05, 3.63) is 51.8 Å². The summed E-state index contributed by atoms with van der Waals surface area (Å²) in [6.07, 6.45) is 4.51. The summed E-state index contributed by atoms with van der Waals surface area (Å²) in [5.41, 5.74) is 6.05. The fourth-order valence-corrected chi connectivity index (χ4v) is 3.48. The number of benzene rings is 1. The number of fused-ring (bicyclic) bond motifs is 1. The number of aromatic nitrogens is 1. The Labute approximate surface area is 134 Å². The van der Waals surface area contributed by atoms with Crippen LogP contribution >= 0.6 is 11.6 Å². The number of rotatable bonds is 2. The predicted octanol–water partition coefficient (Wildman–Crippen LogP) is 4.59. The second-order valence-corrected chi connectivity index (χ2v) is 6.57. The maximum atomic E-state index is 12.3. The third-order valence-electron chi connectivity index (χ3n) is 4.50. The lowest BCUT2D eigenvalue weighted by atomic mass is 10.0. The molecular formula is C18H17ClN2O. The minimum Gasteiger partial charge on any atom is -0.346 e. The second-order valence-electron chi connectivity index (χ2n) is 6.13. The molecule has 112 valence electrons. The van der Waals surface area contributed by atoms with Gasteiger partial charge in [0, 0.05) is 33.6 Å².